The van der Waals surface area contributed by atoms with Crippen molar-refractivity contribution >= 4 is 17.5 Å². The van der Waals surface area contributed by atoms with Crippen LogP contribution in [0.15, 0.2) is 12.1 Å². The maximum absolute atomic E-state index is 11.6. The van der Waals surface area contributed by atoms with Gasteiger partial charge in [-0.1, -0.05) is 17.7 Å². The smallest absolute Gasteiger partial charge is 0.219 e. The van der Waals surface area contributed by atoms with Crippen LogP contribution in [0.1, 0.15) is 43.5 Å². The van der Waals surface area contributed by atoms with E-state index >= 15 is 0 Å². The Labute approximate surface area is 107 Å². The lowest BCUT2D eigenvalue weighted by Gasteiger charge is -2.35. The van der Waals surface area contributed by atoms with Gasteiger partial charge in [-0.2, -0.15) is 0 Å². The Kier molecular flexibility index (Phi) is 3.67. The molecule has 0 unspecified atom stereocenters. The second kappa shape index (κ2) is 5.05. The number of aryl methyl sites for hydroxylation is 1. The molecule has 3 nitrogen and oxygen atoms in total. The number of piperidine rings is 1. The number of carbonyl (C=O) groups is 1. The first kappa shape index (κ1) is 12.4. The first-order valence-corrected chi connectivity index (χ1v) is 6.37. The van der Waals surface area contributed by atoms with Crippen LogP contribution in [-0.4, -0.2) is 22.3 Å². The van der Waals surface area contributed by atoms with E-state index in [-0.39, 0.29) is 11.9 Å². The molecule has 0 bridgehead atoms. The largest absolute Gasteiger partial charge is 0.336 e. The maximum Gasteiger partial charge on any atom is 0.219 e. The van der Waals surface area contributed by atoms with Crippen LogP contribution in [0.4, 0.5) is 0 Å². The molecular formula is C13H17ClN2O. The summed E-state index contributed by atoms with van der Waals surface area (Å²) >= 11 is 5.86. The molecule has 1 aromatic heterocycles. The molecule has 1 atom stereocenters. The number of carbonyl (C=O) groups excluding carboxylic acids is 1. The van der Waals surface area contributed by atoms with E-state index in [4.69, 9.17) is 11.6 Å². The molecule has 17 heavy (non-hydrogen) atoms. The third-order valence-electron chi connectivity index (χ3n) is 3.36. The van der Waals surface area contributed by atoms with Crippen molar-refractivity contribution in [3.63, 3.8) is 0 Å². The van der Waals surface area contributed by atoms with Gasteiger partial charge in [-0.15, -0.1) is 0 Å². The molecule has 0 aromatic carbocycles. The van der Waals surface area contributed by atoms with Crippen LogP contribution in [0.5, 0.6) is 0 Å². The summed E-state index contributed by atoms with van der Waals surface area (Å²) in [6.45, 7) is 4.44. The van der Waals surface area contributed by atoms with Crippen LogP contribution < -0.4 is 0 Å². The van der Waals surface area contributed by atoms with E-state index in [0.29, 0.717) is 5.15 Å². The van der Waals surface area contributed by atoms with Gasteiger partial charge in [-0.25, -0.2) is 4.98 Å². The van der Waals surface area contributed by atoms with Gasteiger partial charge in [0.05, 0.1) is 6.04 Å². The molecule has 1 aliphatic rings. The number of hydrogen-bond acceptors (Lipinski definition) is 2. The molecule has 1 saturated heterocycles. The highest BCUT2D eigenvalue weighted by Crippen LogP contribution is 2.32. The molecule has 0 aliphatic carbocycles. The van der Waals surface area contributed by atoms with Gasteiger partial charge < -0.3 is 4.90 Å². The Bertz CT molecular complexity index is 433. The zero-order chi connectivity index (χ0) is 12.4. The monoisotopic (exact) mass is 252 g/mol. The number of rotatable bonds is 1. The molecule has 0 N–H and O–H groups in total. The number of amides is 1. The molecule has 2 heterocycles. The Hall–Kier alpha value is -1.09. The third kappa shape index (κ3) is 2.60. The van der Waals surface area contributed by atoms with E-state index in [1.807, 2.05) is 17.9 Å². The van der Waals surface area contributed by atoms with Crippen LogP contribution >= 0.6 is 11.6 Å². The van der Waals surface area contributed by atoms with E-state index in [0.717, 1.165) is 37.1 Å². The predicted octanol–water partition coefficient (Wildman–Crippen LogP) is 3.12. The average Bonchev–Trinajstić information content (AvgIpc) is 2.29. The molecule has 0 saturated carbocycles. The minimum Gasteiger partial charge on any atom is -0.336 e. The van der Waals surface area contributed by atoms with Crippen molar-refractivity contribution in [2.45, 2.75) is 39.2 Å². The first-order chi connectivity index (χ1) is 8.09. The molecule has 1 aromatic rings. The van der Waals surface area contributed by atoms with Gasteiger partial charge in [0.15, 0.2) is 0 Å². The van der Waals surface area contributed by atoms with Gasteiger partial charge in [-0.3, -0.25) is 4.79 Å². The standard InChI is InChI=1S/C13H17ClN2O/c1-9-11(6-7-13(14)15-9)12-5-3-4-8-16(12)10(2)17/h6-7,12H,3-5,8H2,1-2H3/t12-/m0/s1. The highest BCUT2D eigenvalue weighted by molar-refractivity contribution is 6.29. The normalized spacial score (nSPS) is 20.4. The number of aromatic nitrogens is 1. The molecule has 1 amide bonds. The molecular weight excluding hydrogens is 236 g/mol. The zero-order valence-corrected chi connectivity index (χ0v) is 11.0. The van der Waals surface area contributed by atoms with Crippen LogP contribution in [0.3, 0.4) is 0 Å². The summed E-state index contributed by atoms with van der Waals surface area (Å²) in [4.78, 5) is 17.9. The average molecular weight is 253 g/mol. The summed E-state index contributed by atoms with van der Waals surface area (Å²) in [7, 11) is 0. The van der Waals surface area contributed by atoms with Crippen LogP contribution in [0.2, 0.25) is 5.15 Å². The number of nitrogens with zero attached hydrogens (tertiary/aromatic N) is 2. The summed E-state index contributed by atoms with van der Waals surface area (Å²) in [5.74, 6) is 0.143. The summed E-state index contributed by atoms with van der Waals surface area (Å²) in [5, 5.41) is 0.511. The molecule has 0 spiro atoms. The molecule has 0 radical (unpaired) electrons. The lowest BCUT2D eigenvalue weighted by Crippen LogP contribution is -2.37. The lowest BCUT2D eigenvalue weighted by molar-refractivity contribution is -0.132. The summed E-state index contributed by atoms with van der Waals surface area (Å²) in [6.07, 6.45) is 3.27. The molecule has 2 rings (SSSR count). The van der Waals surface area contributed by atoms with Crippen molar-refractivity contribution in [2.75, 3.05) is 6.54 Å². The van der Waals surface area contributed by atoms with Crippen LogP contribution in [0, 0.1) is 6.92 Å². The van der Waals surface area contributed by atoms with Crippen molar-refractivity contribution in [1.82, 2.24) is 9.88 Å². The van der Waals surface area contributed by atoms with Gasteiger partial charge in [0.25, 0.3) is 0 Å². The Morgan fingerprint density at radius 3 is 2.88 bits per heavy atom. The second-order valence-corrected chi connectivity index (χ2v) is 4.92. The fourth-order valence-electron chi connectivity index (χ4n) is 2.53. The minimum atomic E-state index is 0.143. The summed E-state index contributed by atoms with van der Waals surface area (Å²) in [5.41, 5.74) is 2.06. The second-order valence-electron chi connectivity index (χ2n) is 4.53. The number of hydrogen-bond donors (Lipinski definition) is 0. The Balaban J connectivity index is 2.32. The molecule has 1 fully saturated rings. The molecule has 92 valence electrons. The van der Waals surface area contributed by atoms with Gasteiger partial charge in [0, 0.05) is 19.2 Å². The topological polar surface area (TPSA) is 33.2 Å². The van der Waals surface area contributed by atoms with E-state index in [2.05, 4.69) is 4.98 Å². The van der Waals surface area contributed by atoms with Crippen LogP contribution in [0.25, 0.3) is 0 Å². The highest BCUT2D eigenvalue weighted by atomic mass is 35.5. The third-order valence-corrected chi connectivity index (χ3v) is 3.57. The predicted molar refractivity (Wildman–Crippen MR) is 68.0 cm³/mol. The summed E-state index contributed by atoms with van der Waals surface area (Å²) < 4.78 is 0. The van der Waals surface area contributed by atoms with E-state index in [1.165, 1.54) is 0 Å². The van der Waals surface area contributed by atoms with Crippen molar-refractivity contribution in [3.05, 3.63) is 28.5 Å². The fourth-order valence-corrected chi connectivity index (χ4v) is 2.71. The fraction of sp³-hybridized carbons (Fsp3) is 0.538. The number of likely N-dealkylation sites (tertiary alicyclic amines) is 1. The zero-order valence-electron chi connectivity index (χ0n) is 10.2. The van der Waals surface area contributed by atoms with Crippen molar-refractivity contribution < 1.29 is 4.79 Å². The van der Waals surface area contributed by atoms with Gasteiger partial charge >= 0.3 is 0 Å². The maximum atomic E-state index is 11.6. The van der Waals surface area contributed by atoms with Gasteiger partial charge in [0.2, 0.25) is 5.91 Å². The SMILES string of the molecule is CC(=O)N1CCCC[C@H]1c1ccc(Cl)nc1C. The van der Waals surface area contributed by atoms with Crippen molar-refractivity contribution in [2.24, 2.45) is 0 Å². The van der Waals surface area contributed by atoms with Crippen LogP contribution in [-0.2, 0) is 4.79 Å². The van der Waals surface area contributed by atoms with E-state index in [9.17, 15) is 4.79 Å². The van der Waals surface area contributed by atoms with E-state index in [1.54, 1.807) is 13.0 Å². The summed E-state index contributed by atoms with van der Waals surface area (Å²) in [6, 6.07) is 3.97. The van der Waals surface area contributed by atoms with Crippen molar-refractivity contribution in [3.8, 4) is 0 Å². The lowest BCUT2D eigenvalue weighted by atomic mass is 9.94. The number of halogens is 1. The van der Waals surface area contributed by atoms with Gasteiger partial charge in [-0.05, 0) is 37.8 Å². The van der Waals surface area contributed by atoms with Crippen molar-refractivity contribution in [1.29, 1.82) is 0 Å². The highest BCUT2D eigenvalue weighted by Gasteiger charge is 2.27. The Morgan fingerprint density at radius 2 is 2.24 bits per heavy atom. The van der Waals surface area contributed by atoms with E-state index < -0.39 is 0 Å². The quantitative estimate of drug-likeness (QED) is 0.720. The molecule has 4 heteroatoms. The van der Waals surface area contributed by atoms with Gasteiger partial charge in [0.1, 0.15) is 5.15 Å². The first-order valence-electron chi connectivity index (χ1n) is 6.00. The Morgan fingerprint density at radius 1 is 1.47 bits per heavy atom. The number of pyridine rings is 1. The molecule has 1 aliphatic heterocycles. The minimum absolute atomic E-state index is 0.143.